The first-order valence-electron chi connectivity index (χ1n) is 13.7. The quantitative estimate of drug-likeness (QED) is 0.696. The van der Waals surface area contributed by atoms with E-state index >= 15 is 0 Å². The molecule has 7 rings (SSSR count). The van der Waals surface area contributed by atoms with E-state index in [1.54, 1.807) is 0 Å². The molecule has 2 aromatic rings. The Balaban J connectivity index is 1.23. The van der Waals surface area contributed by atoms with Gasteiger partial charge in [-0.1, -0.05) is 23.7 Å². The van der Waals surface area contributed by atoms with Gasteiger partial charge < -0.3 is 15.0 Å². The third kappa shape index (κ3) is 3.67. The largest absolute Gasteiger partial charge is 0.461 e. The molecule has 1 N–H and O–H groups in total. The second kappa shape index (κ2) is 8.60. The van der Waals surface area contributed by atoms with Gasteiger partial charge in [-0.15, -0.1) is 0 Å². The molecular formula is C28H36ClN5O. The Bertz CT molecular complexity index is 1120. The maximum Gasteiger partial charge on any atom is 0.318 e. The van der Waals surface area contributed by atoms with Crippen LogP contribution in [0.1, 0.15) is 60.9 Å². The monoisotopic (exact) mass is 493 g/mol. The molecule has 1 spiro atoms. The van der Waals surface area contributed by atoms with Crippen LogP contribution in [0.25, 0.3) is 0 Å². The van der Waals surface area contributed by atoms with Crippen LogP contribution < -0.4 is 15.0 Å². The van der Waals surface area contributed by atoms with Crippen LogP contribution >= 0.6 is 11.6 Å². The fourth-order valence-electron chi connectivity index (χ4n) is 7.78. The molecule has 2 aliphatic carbocycles. The minimum absolute atomic E-state index is 0.145. The summed E-state index contributed by atoms with van der Waals surface area (Å²) in [6, 6.07) is 7.06. The first kappa shape index (κ1) is 22.3. The maximum atomic E-state index is 6.61. The van der Waals surface area contributed by atoms with Crippen molar-refractivity contribution in [2.45, 2.75) is 68.7 Å². The molecule has 0 amide bonds. The number of piperazine rings is 1. The average molecular weight is 494 g/mol. The predicted octanol–water partition coefficient (Wildman–Crippen LogP) is 3.92. The number of ether oxygens (including phenoxy) is 1. The van der Waals surface area contributed by atoms with E-state index < -0.39 is 0 Å². The Hall–Kier alpha value is -1.89. The lowest BCUT2D eigenvalue weighted by molar-refractivity contribution is 0.107. The molecule has 35 heavy (non-hydrogen) atoms. The first-order valence-corrected chi connectivity index (χ1v) is 14.0. The fraction of sp³-hybridized carbons (Fsp3) is 0.643. The van der Waals surface area contributed by atoms with E-state index in [0.29, 0.717) is 6.01 Å². The first-order chi connectivity index (χ1) is 17.2. The molecule has 3 fully saturated rings. The van der Waals surface area contributed by atoms with Gasteiger partial charge in [0.15, 0.2) is 0 Å². The van der Waals surface area contributed by atoms with E-state index in [1.807, 2.05) is 6.07 Å². The van der Waals surface area contributed by atoms with Crippen LogP contribution in [-0.2, 0) is 24.7 Å². The summed E-state index contributed by atoms with van der Waals surface area (Å²) in [6.45, 7) is 7.13. The summed E-state index contributed by atoms with van der Waals surface area (Å²) in [7, 11) is 0. The van der Waals surface area contributed by atoms with Crippen LogP contribution in [0.3, 0.4) is 0 Å². The van der Waals surface area contributed by atoms with E-state index in [0.717, 1.165) is 75.7 Å². The molecule has 1 aromatic carbocycles. The number of anilines is 1. The molecule has 1 aromatic heterocycles. The van der Waals surface area contributed by atoms with E-state index in [4.69, 9.17) is 26.3 Å². The van der Waals surface area contributed by atoms with Crippen molar-refractivity contribution in [1.29, 1.82) is 0 Å². The van der Waals surface area contributed by atoms with Gasteiger partial charge in [-0.3, -0.25) is 4.90 Å². The van der Waals surface area contributed by atoms with Crippen molar-refractivity contribution in [1.82, 2.24) is 20.2 Å². The summed E-state index contributed by atoms with van der Waals surface area (Å²) in [4.78, 5) is 15.3. The predicted molar refractivity (Wildman–Crippen MR) is 139 cm³/mol. The molecule has 0 radical (unpaired) electrons. The van der Waals surface area contributed by atoms with Gasteiger partial charge in [-0.05, 0) is 88.1 Å². The number of fused-ring (bicyclic) bond motifs is 4. The van der Waals surface area contributed by atoms with Crippen molar-refractivity contribution in [3.8, 4) is 6.01 Å². The lowest BCUT2D eigenvalue weighted by Gasteiger charge is -2.38. The van der Waals surface area contributed by atoms with Crippen LogP contribution in [-0.4, -0.2) is 66.3 Å². The van der Waals surface area contributed by atoms with Gasteiger partial charge in [0.05, 0.1) is 11.2 Å². The van der Waals surface area contributed by atoms with Crippen LogP contribution in [0, 0.1) is 0 Å². The molecule has 6 nitrogen and oxygen atoms in total. The highest BCUT2D eigenvalue weighted by Gasteiger charge is 2.46. The molecule has 186 valence electrons. The summed E-state index contributed by atoms with van der Waals surface area (Å²) in [5.41, 5.74) is 5.71. The zero-order valence-electron chi connectivity index (χ0n) is 20.6. The van der Waals surface area contributed by atoms with E-state index in [1.165, 1.54) is 61.2 Å². The van der Waals surface area contributed by atoms with Gasteiger partial charge >= 0.3 is 6.01 Å². The Morgan fingerprint density at radius 1 is 0.943 bits per heavy atom. The number of hydrogen-bond acceptors (Lipinski definition) is 6. The third-order valence-electron chi connectivity index (χ3n) is 9.65. The number of rotatable bonds is 4. The Morgan fingerprint density at radius 2 is 1.71 bits per heavy atom. The molecule has 1 atom stereocenters. The van der Waals surface area contributed by atoms with Crippen LogP contribution in [0.2, 0.25) is 5.02 Å². The minimum Gasteiger partial charge on any atom is -0.461 e. The van der Waals surface area contributed by atoms with Crippen LogP contribution in [0.5, 0.6) is 6.01 Å². The molecule has 5 aliphatic rings. The zero-order chi connectivity index (χ0) is 23.5. The summed E-state index contributed by atoms with van der Waals surface area (Å²) >= 11 is 6.61. The second-order valence-corrected chi connectivity index (χ2v) is 11.8. The summed E-state index contributed by atoms with van der Waals surface area (Å²) < 4.78 is 6.50. The molecule has 0 saturated carbocycles. The van der Waals surface area contributed by atoms with E-state index in [-0.39, 0.29) is 11.0 Å². The second-order valence-electron chi connectivity index (χ2n) is 11.4. The topological polar surface area (TPSA) is 53.5 Å². The van der Waals surface area contributed by atoms with Crippen molar-refractivity contribution in [3.63, 3.8) is 0 Å². The summed E-state index contributed by atoms with van der Waals surface area (Å²) in [5, 5.41) is 4.41. The van der Waals surface area contributed by atoms with E-state index in [2.05, 4.69) is 27.2 Å². The molecule has 0 bridgehead atoms. The molecule has 7 heteroatoms. The lowest BCUT2D eigenvalue weighted by Crippen LogP contribution is -2.45. The van der Waals surface area contributed by atoms with Crippen molar-refractivity contribution in [2.24, 2.45) is 0 Å². The van der Waals surface area contributed by atoms with Gasteiger partial charge in [-0.2, -0.15) is 9.97 Å². The normalized spacial score (nSPS) is 27.2. The number of nitrogens with zero attached hydrogens (tertiary/aromatic N) is 4. The summed E-state index contributed by atoms with van der Waals surface area (Å²) in [6.07, 6.45) is 10.4. The van der Waals surface area contributed by atoms with Gasteiger partial charge in [0.1, 0.15) is 12.4 Å². The highest BCUT2D eigenvalue weighted by molar-refractivity contribution is 6.31. The van der Waals surface area contributed by atoms with E-state index in [9.17, 15) is 0 Å². The molecular weight excluding hydrogens is 458 g/mol. The van der Waals surface area contributed by atoms with Gasteiger partial charge in [0.2, 0.25) is 0 Å². The van der Waals surface area contributed by atoms with Crippen LogP contribution in [0.4, 0.5) is 5.82 Å². The minimum atomic E-state index is 0.145. The molecule has 4 heterocycles. The smallest absolute Gasteiger partial charge is 0.318 e. The maximum absolute atomic E-state index is 6.61. The van der Waals surface area contributed by atoms with Crippen LogP contribution in [0.15, 0.2) is 18.2 Å². The van der Waals surface area contributed by atoms with Crippen molar-refractivity contribution < 1.29 is 4.74 Å². The Labute approximate surface area is 213 Å². The number of nitrogens with one attached hydrogen (secondary N) is 1. The highest BCUT2D eigenvalue weighted by Crippen LogP contribution is 2.50. The lowest BCUT2D eigenvalue weighted by atomic mass is 9.69. The SMILES string of the molecule is Clc1cccc2c1CCC21CCc2c(nc(OCC34CCCN3CCC4)nc2N2CCNCC2)C1. The number of benzene rings is 1. The fourth-order valence-corrected chi connectivity index (χ4v) is 8.05. The number of aromatic nitrogens is 2. The van der Waals surface area contributed by atoms with Gasteiger partial charge in [0.25, 0.3) is 0 Å². The standard InChI is InChI=1S/C28H36ClN5O/c29-23-5-1-4-22-20(23)6-10-27(22)11-7-21-24(18-27)31-26(32-25(21)33-16-12-30-13-17-33)35-19-28-8-2-14-34(28)15-3-9-28/h1,4-5,30H,2-3,6-19H2. The number of halogens is 1. The van der Waals surface area contributed by atoms with Crippen molar-refractivity contribution in [2.75, 3.05) is 50.8 Å². The summed E-state index contributed by atoms with van der Waals surface area (Å²) in [5.74, 6) is 1.12. The van der Waals surface area contributed by atoms with Gasteiger partial charge in [0, 0.05) is 42.2 Å². The number of hydrogen-bond donors (Lipinski definition) is 1. The van der Waals surface area contributed by atoms with Gasteiger partial charge in [-0.25, -0.2) is 0 Å². The molecule has 3 aliphatic heterocycles. The van der Waals surface area contributed by atoms with Crippen molar-refractivity contribution >= 4 is 17.4 Å². The zero-order valence-corrected chi connectivity index (χ0v) is 21.4. The third-order valence-corrected chi connectivity index (χ3v) is 10.0. The molecule has 1 unspecified atom stereocenters. The van der Waals surface area contributed by atoms with Crippen molar-refractivity contribution in [3.05, 3.63) is 45.6 Å². The Morgan fingerprint density at radius 3 is 2.51 bits per heavy atom. The average Bonchev–Trinajstić information content (AvgIpc) is 3.57. The molecule has 3 saturated heterocycles. The highest BCUT2D eigenvalue weighted by atomic mass is 35.5. The Kier molecular flexibility index (Phi) is 5.48.